The minimum absolute atomic E-state index is 0.123. The van der Waals surface area contributed by atoms with E-state index in [0.29, 0.717) is 23.6 Å². The second-order valence-electron chi connectivity index (χ2n) is 10.5. The van der Waals surface area contributed by atoms with Crippen molar-refractivity contribution in [2.45, 2.75) is 36.9 Å². The summed E-state index contributed by atoms with van der Waals surface area (Å²) in [6, 6.07) is 17.1. The van der Waals surface area contributed by atoms with E-state index in [1.807, 2.05) is 67.7 Å². The average Bonchev–Trinajstić information content (AvgIpc) is 3.57. The molecule has 10 heteroatoms. The van der Waals surface area contributed by atoms with Gasteiger partial charge >= 0.3 is 0 Å². The highest BCUT2D eigenvalue weighted by atomic mass is 16.6. The predicted molar refractivity (Wildman–Crippen MR) is 148 cm³/mol. The number of likely N-dealkylation sites (N-methyl/N-ethyl adjacent to an activating group) is 1. The number of hydrogen-bond donors (Lipinski definition) is 4. The Labute approximate surface area is 226 Å². The molecule has 6 rings (SSSR count). The van der Waals surface area contributed by atoms with Crippen molar-refractivity contribution in [2.24, 2.45) is 0 Å². The van der Waals surface area contributed by atoms with Crippen molar-refractivity contribution in [3.05, 3.63) is 72.7 Å². The predicted octanol–water partition coefficient (Wildman–Crippen LogP) is 2.92. The van der Waals surface area contributed by atoms with E-state index in [0.717, 1.165) is 41.6 Å². The number of rotatable bonds is 8. The Morgan fingerprint density at radius 2 is 1.85 bits per heavy atom. The number of aliphatic hydroxyl groups is 2. The maximum Gasteiger partial charge on any atom is 0.251 e. The van der Waals surface area contributed by atoms with E-state index >= 15 is 0 Å². The van der Waals surface area contributed by atoms with Crippen LogP contribution in [0.15, 0.2) is 67.1 Å². The van der Waals surface area contributed by atoms with Crippen LogP contribution in [0.1, 0.15) is 29.4 Å². The Balaban J connectivity index is 1.34. The van der Waals surface area contributed by atoms with Gasteiger partial charge in [0.15, 0.2) is 6.23 Å². The monoisotopic (exact) mass is 528 g/mol. The van der Waals surface area contributed by atoms with Gasteiger partial charge in [-0.2, -0.15) is 0 Å². The van der Waals surface area contributed by atoms with E-state index in [1.54, 1.807) is 16.7 Å². The molecule has 2 aromatic carbocycles. The number of anilines is 2. The zero-order valence-electron chi connectivity index (χ0n) is 21.9. The summed E-state index contributed by atoms with van der Waals surface area (Å²) in [7, 11) is 3.92. The second-order valence-corrected chi connectivity index (χ2v) is 10.5. The standard InChI is InChI=1S/C29H32N6O4/c1-34(2)15-14-30-27(38)19-8-10-20(11-9-19)33-25-22-21(18-6-4-3-5-7-18)16-35(26(22)32-17-31-25)28-23(36)24(37)29(39-28)12-13-29/h3-11,16-17,23-24,28,36-37H,12-15H2,1-2H3,(H,30,38)(H,31,32,33)/t23-,24+,28-/m1/s1. The van der Waals surface area contributed by atoms with Gasteiger partial charge in [0, 0.05) is 36.1 Å². The topological polar surface area (TPSA) is 125 Å². The lowest BCUT2D eigenvalue weighted by molar-refractivity contribution is -0.0456. The van der Waals surface area contributed by atoms with Crippen LogP contribution < -0.4 is 10.6 Å². The van der Waals surface area contributed by atoms with Gasteiger partial charge in [-0.1, -0.05) is 30.3 Å². The Hall–Kier alpha value is -3.83. The van der Waals surface area contributed by atoms with Crippen molar-refractivity contribution >= 4 is 28.4 Å². The van der Waals surface area contributed by atoms with Gasteiger partial charge in [0.1, 0.15) is 30.0 Å². The van der Waals surface area contributed by atoms with E-state index < -0.39 is 24.0 Å². The first-order valence-corrected chi connectivity index (χ1v) is 13.1. The Bertz CT molecular complexity index is 1480. The number of carbonyl (C=O) groups is 1. The van der Waals surface area contributed by atoms with Crippen molar-refractivity contribution in [1.82, 2.24) is 24.8 Å². The number of carbonyl (C=O) groups excluding carboxylic acids is 1. The third-order valence-electron chi connectivity index (χ3n) is 7.48. The molecular weight excluding hydrogens is 496 g/mol. The maximum absolute atomic E-state index is 12.5. The molecule has 0 radical (unpaired) electrons. The summed E-state index contributed by atoms with van der Waals surface area (Å²) in [6.45, 7) is 1.34. The van der Waals surface area contributed by atoms with Crippen LogP contribution in [-0.2, 0) is 4.74 Å². The molecule has 2 aromatic heterocycles. The van der Waals surface area contributed by atoms with Crippen molar-refractivity contribution in [3.8, 4) is 11.1 Å². The van der Waals surface area contributed by atoms with Gasteiger partial charge in [0.25, 0.3) is 5.91 Å². The zero-order valence-corrected chi connectivity index (χ0v) is 21.9. The molecular formula is C29H32N6O4. The molecule has 3 heterocycles. The second kappa shape index (κ2) is 10.0. The van der Waals surface area contributed by atoms with Gasteiger partial charge < -0.3 is 35.1 Å². The molecule has 0 bridgehead atoms. The fraction of sp³-hybridized carbons (Fsp3) is 0.345. The quantitative estimate of drug-likeness (QED) is 0.275. The Morgan fingerprint density at radius 1 is 1.10 bits per heavy atom. The average molecular weight is 529 g/mol. The van der Waals surface area contributed by atoms with Gasteiger partial charge in [0.05, 0.1) is 11.0 Å². The largest absolute Gasteiger partial charge is 0.387 e. The molecule has 3 atom stereocenters. The van der Waals surface area contributed by atoms with Crippen LogP contribution in [0.4, 0.5) is 11.5 Å². The number of nitrogens with zero attached hydrogens (tertiary/aromatic N) is 4. The first kappa shape index (κ1) is 25.4. The Kier molecular flexibility index (Phi) is 6.56. The van der Waals surface area contributed by atoms with Crippen molar-refractivity contribution in [3.63, 3.8) is 0 Å². The van der Waals surface area contributed by atoms with E-state index in [2.05, 4.69) is 20.6 Å². The van der Waals surface area contributed by atoms with E-state index in [1.165, 1.54) is 6.33 Å². The van der Waals surface area contributed by atoms with E-state index in [9.17, 15) is 15.0 Å². The summed E-state index contributed by atoms with van der Waals surface area (Å²) >= 11 is 0. The minimum atomic E-state index is -1.07. The molecule has 2 fully saturated rings. The molecule has 4 aromatic rings. The highest BCUT2D eigenvalue weighted by Gasteiger charge is 2.62. The SMILES string of the molecule is CN(C)CCNC(=O)c1ccc(Nc2ncnc3c2c(-c2ccccc2)cn3[C@@H]2OC3(CC3)[C@@H](O)[C@H]2O)cc1. The molecule has 202 valence electrons. The number of hydrogen-bond acceptors (Lipinski definition) is 8. The molecule has 1 saturated carbocycles. The maximum atomic E-state index is 12.5. The van der Waals surface area contributed by atoms with Crippen LogP contribution in [0.3, 0.4) is 0 Å². The highest BCUT2D eigenvalue weighted by molar-refractivity contribution is 6.02. The number of amides is 1. The molecule has 4 N–H and O–H groups in total. The van der Waals surface area contributed by atoms with Crippen LogP contribution in [0.2, 0.25) is 0 Å². The summed E-state index contributed by atoms with van der Waals surface area (Å²) in [5.74, 6) is 0.456. The Morgan fingerprint density at radius 3 is 2.51 bits per heavy atom. The van der Waals surface area contributed by atoms with Gasteiger partial charge in [0.2, 0.25) is 0 Å². The molecule has 1 amide bonds. The van der Waals surface area contributed by atoms with E-state index in [-0.39, 0.29) is 5.91 Å². The number of fused-ring (bicyclic) bond motifs is 1. The summed E-state index contributed by atoms with van der Waals surface area (Å²) < 4.78 is 8.00. The third-order valence-corrected chi connectivity index (χ3v) is 7.48. The van der Waals surface area contributed by atoms with Gasteiger partial charge in [-0.15, -0.1) is 0 Å². The normalized spacial score (nSPS) is 21.5. The van der Waals surface area contributed by atoms with Crippen LogP contribution in [0, 0.1) is 0 Å². The summed E-state index contributed by atoms with van der Waals surface area (Å²) in [5, 5.41) is 28.6. The molecule has 1 aliphatic carbocycles. The van der Waals surface area contributed by atoms with Crippen LogP contribution in [0.5, 0.6) is 0 Å². The molecule has 2 aliphatic rings. The summed E-state index contributed by atoms with van der Waals surface area (Å²) in [4.78, 5) is 23.6. The molecule has 39 heavy (non-hydrogen) atoms. The number of aliphatic hydroxyl groups excluding tert-OH is 2. The van der Waals surface area contributed by atoms with E-state index in [4.69, 9.17) is 4.74 Å². The van der Waals surface area contributed by atoms with Crippen molar-refractivity contribution in [2.75, 3.05) is 32.5 Å². The number of aromatic nitrogens is 3. The zero-order chi connectivity index (χ0) is 27.1. The fourth-order valence-electron chi connectivity index (χ4n) is 5.15. The summed E-state index contributed by atoms with van der Waals surface area (Å²) in [6.07, 6.45) is 2.02. The first-order chi connectivity index (χ1) is 18.9. The minimum Gasteiger partial charge on any atom is -0.387 e. The van der Waals surface area contributed by atoms with Crippen LogP contribution in [0.25, 0.3) is 22.2 Å². The molecule has 1 spiro atoms. The number of nitrogens with one attached hydrogen (secondary N) is 2. The van der Waals surface area contributed by atoms with Crippen molar-refractivity contribution < 1.29 is 19.7 Å². The number of ether oxygens (including phenoxy) is 1. The van der Waals surface area contributed by atoms with Crippen LogP contribution in [-0.4, -0.2) is 80.5 Å². The lowest BCUT2D eigenvalue weighted by Crippen LogP contribution is -2.32. The van der Waals surface area contributed by atoms with Gasteiger partial charge in [-0.05, 0) is 56.8 Å². The molecule has 0 unspecified atom stereocenters. The molecule has 1 saturated heterocycles. The van der Waals surface area contributed by atoms with Gasteiger partial charge in [-0.3, -0.25) is 4.79 Å². The first-order valence-electron chi connectivity index (χ1n) is 13.1. The lowest BCUT2D eigenvalue weighted by Gasteiger charge is -2.17. The number of benzene rings is 2. The van der Waals surface area contributed by atoms with Crippen LogP contribution >= 0.6 is 0 Å². The highest BCUT2D eigenvalue weighted by Crippen LogP contribution is 2.53. The summed E-state index contributed by atoms with van der Waals surface area (Å²) in [5.41, 5.74) is 3.06. The smallest absolute Gasteiger partial charge is 0.251 e. The third kappa shape index (κ3) is 4.76. The fourth-order valence-corrected chi connectivity index (χ4v) is 5.15. The van der Waals surface area contributed by atoms with Gasteiger partial charge in [-0.25, -0.2) is 9.97 Å². The molecule has 1 aliphatic heterocycles. The van der Waals surface area contributed by atoms with Crippen molar-refractivity contribution in [1.29, 1.82) is 0 Å². The lowest BCUT2D eigenvalue weighted by atomic mass is 10.1. The molecule has 10 nitrogen and oxygen atoms in total.